The van der Waals surface area contributed by atoms with Crippen molar-refractivity contribution in [2.45, 2.75) is 17.7 Å². The maximum atomic E-state index is 11.8. The molecule has 0 aliphatic heterocycles. The summed E-state index contributed by atoms with van der Waals surface area (Å²) < 4.78 is 28.0. The minimum atomic E-state index is -3.97. The van der Waals surface area contributed by atoms with Gasteiger partial charge in [-0.25, -0.2) is 18.4 Å². The summed E-state index contributed by atoms with van der Waals surface area (Å²) in [5.74, 6) is -0.182. The SMILES string of the molecule is NS(=O)(=O)c1cc(C(=O)OCC2CC2)cc(Cl)c1Br. The van der Waals surface area contributed by atoms with Gasteiger partial charge in [-0.1, -0.05) is 11.6 Å². The Bertz CT molecular complexity index is 628. The number of nitrogens with two attached hydrogens (primary N) is 1. The number of carbonyl (C=O) groups is 1. The van der Waals surface area contributed by atoms with Gasteiger partial charge in [0.05, 0.1) is 26.6 Å². The molecule has 0 unspecified atom stereocenters. The van der Waals surface area contributed by atoms with Gasteiger partial charge in [-0.3, -0.25) is 0 Å². The van der Waals surface area contributed by atoms with E-state index in [1.54, 1.807) is 0 Å². The van der Waals surface area contributed by atoms with E-state index >= 15 is 0 Å². The van der Waals surface area contributed by atoms with Crippen LogP contribution in [0.4, 0.5) is 0 Å². The van der Waals surface area contributed by atoms with Crippen molar-refractivity contribution in [1.82, 2.24) is 0 Å². The van der Waals surface area contributed by atoms with Gasteiger partial charge in [0.1, 0.15) is 0 Å². The highest BCUT2D eigenvalue weighted by Gasteiger charge is 2.24. The van der Waals surface area contributed by atoms with E-state index in [1.807, 2.05) is 0 Å². The number of carbonyl (C=O) groups excluding carboxylic acids is 1. The highest BCUT2D eigenvalue weighted by atomic mass is 79.9. The summed E-state index contributed by atoms with van der Waals surface area (Å²) in [7, 11) is -3.97. The highest BCUT2D eigenvalue weighted by Crippen LogP contribution is 2.32. The second-order valence-corrected chi connectivity index (χ2v) is 7.09. The van der Waals surface area contributed by atoms with Crippen LogP contribution < -0.4 is 5.14 Å². The number of hydrogen-bond donors (Lipinski definition) is 1. The summed E-state index contributed by atoms with van der Waals surface area (Å²) in [4.78, 5) is 11.6. The Morgan fingerprint density at radius 1 is 1.47 bits per heavy atom. The molecule has 0 heterocycles. The molecule has 2 N–H and O–H groups in total. The molecule has 104 valence electrons. The lowest BCUT2D eigenvalue weighted by molar-refractivity contribution is 0.0486. The van der Waals surface area contributed by atoms with Crippen molar-refractivity contribution in [3.63, 3.8) is 0 Å². The molecule has 0 saturated heterocycles. The number of ether oxygens (including phenoxy) is 1. The molecule has 1 aromatic carbocycles. The lowest BCUT2D eigenvalue weighted by Gasteiger charge is -2.08. The lowest BCUT2D eigenvalue weighted by Crippen LogP contribution is -2.15. The van der Waals surface area contributed by atoms with Gasteiger partial charge < -0.3 is 4.74 Å². The molecular formula is C11H11BrClNO4S. The minimum Gasteiger partial charge on any atom is -0.462 e. The third kappa shape index (κ3) is 3.68. The summed E-state index contributed by atoms with van der Waals surface area (Å²) in [6.45, 7) is 0.344. The molecule has 2 rings (SSSR count). The fourth-order valence-electron chi connectivity index (χ4n) is 1.45. The molecule has 8 heteroatoms. The van der Waals surface area contributed by atoms with E-state index in [2.05, 4.69) is 15.9 Å². The van der Waals surface area contributed by atoms with Crippen molar-refractivity contribution in [2.75, 3.05) is 6.61 Å². The Morgan fingerprint density at radius 3 is 2.63 bits per heavy atom. The predicted octanol–water partition coefficient (Wildman–Crippen LogP) is 2.32. The van der Waals surface area contributed by atoms with Gasteiger partial charge in [-0.2, -0.15) is 0 Å². The number of rotatable bonds is 4. The van der Waals surface area contributed by atoms with Crippen LogP contribution in [-0.2, 0) is 14.8 Å². The third-order valence-electron chi connectivity index (χ3n) is 2.68. The Balaban J connectivity index is 2.30. The van der Waals surface area contributed by atoms with Crippen LogP contribution >= 0.6 is 27.5 Å². The highest BCUT2D eigenvalue weighted by molar-refractivity contribution is 9.10. The number of halogens is 2. The number of sulfonamides is 1. The van der Waals surface area contributed by atoms with Crippen LogP contribution in [0, 0.1) is 5.92 Å². The largest absolute Gasteiger partial charge is 0.462 e. The van der Waals surface area contributed by atoms with Crippen molar-refractivity contribution >= 4 is 43.5 Å². The topological polar surface area (TPSA) is 86.5 Å². The van der Waals surface area contributed by atoms with E-state index in [0.717, 1.165) is 18.9 Å². The molecule has 1 saturated carbocycles. The Hall–Kier alpha value is -0.630. The zero-order chi connectivity index (χ0) is 14.2. The molecule has 19 heavy (non-hydrogen) atoms. The first-order chi connectivity index (χ1) is 8.79. The number of benzene rings is 1. The fourth-order valence-corrected chi connectivity index (χ4v) is 3.28. The molecule has 1 fully saturated rings. The summed E-state index contributed by atoms with van der Waals surface area (Å²) >= 11 is 8.90. The monoisotopic (exact) mass is 367 g/mol. The molecule has 1 aliphatic rings. The van der Waals surface area contributed by atoms with Crippen molar-refractivity contribution in [3.8, 4) is 0 Å². The van der Waals surface area contributed by atoms with Crippen molar-refractivity contribution in [1.29, 1.82) is 0 Å². The second kappa shape index (κ2) is 5.40. The molecule has 0 bridgehead atoms. The Labute approximate surface area is 124 Å². The normalized spacial score (nSPS) is 15.3. The first-order valence-electron chi connectivity index (χ1n) is 5.48. The van der Waals surface area contributed by atoms with Gasteiger partial charge in [-0.15, -0.1) is 0 Å². The average molecular weight is 369 g/mol. The maximum Gasteiger partial charge on any atom is 0.338 e. The van der Waals surface area contributed by atoms with Gasteiger partial charge in [0.25, 0.3) is 0 Å². The molecular weight excluding hydrogens is 358 g/mol. The van der Waals surface area contributed by atoms with Crippen LogP contribution in [0.5, 0.6) is 0 Å². The van der Waals surface area contributed by atoms with E-state index in [-0.39, 0.29) is 20.0 Å². The third-order valence-corrected chi connectivity index (χ3v) is 5.26. The first-order valence-corrected chi connectivity index (χ1v) is 8.19. The van der Waals surface area contributed by atoms with E-state index in [9.17, 15) is 13.2 Å². The van der Waals surface area contributed by atoms with Crippen LogP contribution in [-0.4, -0.2) is 21.0 Å². The molecule has 0 atom stereocenters. The zero-order valence-electron chi connectivity index (χ0n) is 9.73. The average Bonchev–Trinajstić information content (AvgIpc) is 3.11. The van der Waals surface area contributed by atoms with Crippen LogP contribution in [0.1, 0.15) is 23.2 Å². The van der Waals surface area contributed by atoms with E-state index < -0.39 is 16.0 Å². The van der Waals surface area contributed by atoms with Crippen molar-refractivity contribution in [3.05, 3.63) is 27.2 Å². The molecule has 0 amide bonds. The number of esters is 1. The van der Waals surface area contributed by atoms with Crippen molar-refractivity contribution in [2.24, 2.45) is 11.1 Å². The van der Waals surface area contributed by atoms with Crippen LogP contribution in [0.15, 0.2) is 21.5 Å². The molecule has 0 spiro atoms. The number of hydrogen-bond acceptors (Lipinski definition) is 4. The smallest absolute Gasteiger partial charge is 0.338 e. The second-order valence-electron chi connectivity index (χ2n) is 4.36. The molecule has 0 aromatic heterocycles. The zero-order valence-corrected chi connectivity index (χ0v) is 12.9. The first kappa shape index (κ1) is 14.8. The summed E-state index contributed by atoms with van der Waals surface area (Å²) in [6, 6.07) is 2.50. The van der Waals surface area contributed by atoms with E-state index in [1.165, 1.54) is 6.07 Å². The summed E-state index contributed by atoms with van der Waals surface area (Å²) in [5.41, 5.74) is 0.0675. The van der Waals surface area contributed by atoms with Gasteiger partial charge in [0.15, 0.2) is 0 Å². The van der Waals surface area contributed by atoms with E-state index in [0.29, 0.717) is 12.5 Å². The standard InChI is InChI=1S/C11H11BrClNO4S/c12-10-8(13)3-7(4-9(10)19(14,16)17)11(15)18-5-6-1-2-6/h3-4,6H,1-2,5H2,(H2,14,16,17). The van der Waals surface area contributed by atoms with Gasteiger partial charge in [0, 0.05) is 0 Å². The van der Waals surface area contributed by atoms with Crippen molar-refractivity contribution < 1.29 is 17.9 Å². The van der Waals surface area contributed by atoms with Crippen LogP contribution in [0.3, 0.4) is 0 Å². The maximum absolute atomic E-state index is 11.8. The number of primary sulfonamides is 1. The molecule has 1 aromatic rings. The van der Waals surface area contributed by atoms with Crippen LogP contribution in [0.2, 0.25) is 5.02 Å². The fraction of sp³-hybridized carbons (Fsp3) is 0.364. The Kier molecular flexibility index (Phi) is 4.20. The summed E-state index contributed by atoms with van der Waals surface area (Å²) in [6.07, 6.45) is 2.10. The van der Waals surface area contributed by atoms with Gasteiger partial charge in [-0.05, 0) is 46.8 Å². The quantitative estimate of drug-likeness (QED) is 0.826. The van der Waals surface area contributed by atoms with E-state index in [4.69, 9.17) is 21.5 Å². The van der Waals surface area contributed by atoms with Crippen LogP contribution in [0.25, 0.3) is 0 Å². The lowest BCUT2D eigenvalue weighted by atomic mass is 10.2. The summed E-state index contributed by atoms with van der Waals surface area (Å²) in [5, 5.41) is 5.15. The molecule has 1 aliphatic carbocycles. The minimum absolute atomic E-state index is 0.0675. The molecule has 5 nitrogen and oxygen atoms in total. The Morgan fingerprint density at radius 2 is 2.11 bits per heavy atom. The van der Waals surface area contributed by atoms with Gasteiger partial charge in [0.2, 0.25) is 10.0 Å². The molecule has 0 radical (unpaired) electrons. The predicted molar refractivity (Wildman–Crippen MR) is 73.5 cm³/mol. The van der Waals surface area contributed by atoms with Gasteiger partial charge >= 0.3 is 5.97 Å².